The molecule has 1 atom stereocenters. The number of carbonyl (C=O) groups excluding carboxylic acids is 1. The molecule has 30 heavy (non-hydrogen) atoms. The van der Waals surface area contributed by atoms with Gasteiger partial charge in [-0.15, -0.1) is 11.3 Å². The molecule has 4 aromatic rings. The van der Waals surface area contributed by atoms with Crippen molar-refractivity contribution >= 4 is 28.9 Å². The molecule has 7 heteroatoms. The second-order valence-electron chi connectivity index (χ2n) is 6.71. The Morgan fingerprint density at radius 1 is 1.03 bits per heavy atom. The molecule has 6 nitrogen and oxygen atoms in total. The number of nitrogens with one attached hydrogen (secondary N) is 1. The Labute approximate surface area is 178 Å². The van der Waals surface area contributed by atoms with Gasteiger partial charge in [-0.25, -0.2) is 15.0 Å². The van der Waals surface area contributed by atoms with Gasteiger partial charge in [0.15, 0.2) is 6.10 Å². The highest BCUT2D eigenvalue weighted by Gasteiger charge is 2.21. The van der Waals surface area contributed by atoms with E-state index < -0.39 is 6.10 Å². The van der Waals surface area contributed by atoms with Crippen molar-refractivity contribution in [3.8, 4) is 10.6 Å². The zero-order chi connectivity index (χ0) is 20.9. The van der Waals surface area contributed by atoms with Crippen molar-refractivity contribution < 1.29 is 9.53 Å². The standard InChI is InChI=1S/C23H20N4O2S/c1-15-11-12-24-21(13-15)27-20-10-6-9-18(26-20)19-14-25-23(30-19)22(29-16(2)28)17-7-4-3-5-8-17/h3-14,22H,1-2H3,(H,24,26,27). The van der Waals surface area contributed by atoms with Crippen LogP contribution in [0.3, 0.4) is 0 Å². The summed E-state index contributed by atoms with van der Waals surface area (Å²) in [5.74, 6) is 1.08. The van der Waals surface area contributed by atoms with Crippen LogP contribution in [0.5, 0.6) is 0 Å². The summed E-state index contributed by atoms with van der Waals surface area (Å²) in [4.78, 5) is 26.1. The fraction of sp³-hybridized carbons (Fsp3) is 0.130. The number of carbonyl (C=O) groups is 1. The number of rotatable bonds is 6. The largest absolute Gasteiger partial charge is 0.450 e. The number of benzene rings is 1. The first-order valence-electron chi connectivity index (χ1n) is 9.43. The van der Waals surface area contributed by atoms with Crippen LogP contribution in [-0.4, -0.2) is 20.9 Å². The first-order chi connectivity index (χ1) is 14.6. The van der Waals surface area contributed by atoms with Crippen molar-refractivity contribution in [2.75, 3.05) is 5.32 Å². The number of nitrogens with zero attached hydrogens (tertiary/aromatic N) is 3. The van der Waals surface area contributed by atoms with Gasteiger partial charge in [0, 0.05) is 19.3 Å². The number of aromatic nitrogens is 3. The lowest BCUT2D eigenvalue weighted by Gasteiger charge is -2.14. The van der Waals surface area contributed by atoms with Crippen LogP contribution < -0.4 is 5.32 Å². The van der Waals surface area contributed by atoms with Crippen LogP contribution in [0, 0.1) is 6.92 Å². The van der Waals surface area contributed by atoms with E-state index in [0.717, 1.165) is 27.5 Å². The van der Waals surface area contributed by atoms with Gasteiger partial charge in [0.2, 0.25) is 0 Å². The molecule has 0 aliphatic rings. The highest BCUT2D eigenvalue weighted by Crippen LogP contribution is 2.34. The topological polar surface area (TPSA) is 77.0 Å². The van der Waals surface area contributed by atoms with E-state index in [9.17, 15) is 4.79 Å². The van der Waals surface area contributed by atoms with E-state index in [0.29, 0.717) is 10.8 Å². The Balaban J connectivity index is 1.61. The van der Waals surface area contributed by atoms with Crippen LogP contribution in [0.4, 0.5) is 11.6 Å². The average Bonchev–Trinajstić information content (AvgIpc) is 3.23. The number of thiazole rings is 1. The molecule has 0 radical (unpaired) electrons. The number of ether oxygens (including phenoxy) is 1. The summed E-state index contributed by atoms with van der Waals surface area (Å²) >= 11 is 1.45. The molecule has 3 aromatic heterocycles. The van der Waals surface area contributed by atoms with E-state index in [1.807, 2.05) is 67.6 Å². The van der Waals surface area contributed by atoms with Crippen molar-refractivity contribution in [2.45, 2.75) is 20.0 Å². The van der Waals surface area contributed by atoms with E-state index in [2.05, 4.69) is 20.3 Å². The average molecular weight is 417 g/mol. The highest BCUT2D eigenvalue weighted by molar-refractivity contribution is 7.15. The molecule has 0 spiro atoms. The lowest BCUT2D eigenvalue weighted by Crippen LogP contribution is -2.09. The lowest BCUT2D eigenvalue weighted by molar-refractivity contribution is -0.144. The third kappa shape index (κ3) is 4.69. The van der Waals surface area contributed by atoms with Crippen LogP contribution in [0.15, 0.2) is 73.1 Å². The smallest absolute Gasteiger partial charge is 0.303 e. The molecule has 1 N–H and O–H groups in total. The van der Waals surface area contributed by atoms with Crippen molar-refractivity contribution in [3.63, 3.8) is 0 Å². The second-order valence-corrected chi connectivity index (χ2v) is 7.78. The maximum Gasteiger partial charge on any atom is 0.303 e. The number of hydrogen-bond acceptors (Lipinski definition) is 7. The predicted octanol–water partition coefficient (Wildman–Crippen LogP) is 5.30. The molecular weight excluding hydrogens is 396 g/mol. The molecule has 1 aromatic carbocycles. The van der Waals surface area contributed by atoms with E-state index >= 15 is 0 Å². The van der Waals surface area contributed by atoms with Crippen LogP contribution in [-0.2, 0) is 9.53 Å². The number of esters is 1. The summed E-state index contributed by atoms with van der Waals surface area (Å²) in [5.41, 5.74) is 2.78. The van der Waals surface area contributed by atoms with Crippen LogP contribution >= 0.6 is 11.3 Å². The summed E-state index contributed by atoms with van der Waals surface area (Å²) in [7, 11) is 0. The van der Waals surface area contributed by atoms with Gasteiger partial charge in [0.05, 0.1) is 10.6 Å². The number of pyridine rings is 2. The fourth-order valence-corrected chi connectivity index (χ4v) is 3.90. The number of anilines is 2. The van der Waals surface area contributed by atoms with E-state index in [-0.39, 0.29) is 5.97 Å². The van der Waals surface area contributed by atoms with Crippen LogP contribution in [0.2, 0.25) is 0 Å². The van der Waals surface area contributed by atoms with Gasteiger partial charge in [0.25, 0.3) is 0 Å². The second kappa shape index (κ2) is 8.84. The Morgan fingerprint density at radius 3 is 2.63 bits per heavy atom. The highest BCUT2D eigenvalue weighted by atomic mass is 32.1. The molecule has 0 bridgehead atoms. The summed E-state index contributed by atoms with van der Waals surface area (Å²) in [6.07, 6.45) is 2.98. The molecule has 4 rings (SSSR count). The summed E-state index contributed by atoms with van der Waals surface area (Å²) in [6.45, 7) is 3.42. The number of hydrogen-bond donors (Lipinski definition) is 1. The van der Waals surface area contributed by atoms with Gasteiger partial charge in [-0.2, -0.15) is 0 Å². The molecule has 1 unspecified atom stereocenters. The first-order valence-corrected chi connectivity index (χ1v) is 10.2. The summed E-state index contributed by atoms with van der Waals surface area (Å²) < 4.78 is 5.55. The normalized spacial score (nSPS) is 11.7. The molecule has 0 saturated carbocycles. The van der Waals surface area contributed by atoms with Crippen LogP contribution in [0.1, 0.15) is 29.2 Å². The fourth-order valence-electron chi connectivity index (χ4n) is 2.96. The quantitative estimate of drug-likeness (QED) is 0.430. The molecular formula is C23H20N4O2S. The molecule has 150 valence electrons. The van der Waals surface area contributed by atoms with Gasteiger partial charge in [0.1, 0.15) is 16.6 Å². The van der Waals surface area contributed by atoms with Crippen molar-refractivity contribution in [2.24, 2.45) is 0 Å². The Kier molecular flexibility index (Phi) is 5.81. The first kappa shape index (κ1) is 19.7. The van der Waals surface area contributed by atoms with E-state index in [4.69, 9.17) is 4.74 Å². The molecule has 0 amide bonds. The minimum absolute atomic E-state index is 0.351. The lowest BCUT2D eigenvalue weighted by atomic mass is 10.1. The van der Waals surface area contributed by atoms with Crippen molar-refractivity contribution in [1.29, 1.82) is 0 Å². The third-order valence-corrected chi connectivity index (χ3v) is 5.37. The molecule has 0 aliphatic heterocycles. The zero-order valence-electron chi connectivity index (χ0n) is 16.6. The maximum atomic E-state index is 11.6. The minimum Gasteiger partial charge on any atom is -0.450 e. The van der Waals surface area contributed by atoms with Gasteiger partial charge in [-0.05, 0) is 42.3 Å². The van der Waals surface area contributed by atoms with Gasteiger partial charge < -0.3 is 10.1 Å². The van der Waals surface area contributed by atoms with Gasteiger partial charge >= 0.3 is 5.97 Å². The number of aryl methyl sites for hydroxylation is 1. The van der Waals surface area contributed by atoms with Crippen molar-refractivity contribution in [1.82, 2.24) is 15.0 Å². The van der Waals surface area contributed by atoms with Crippen LogP contribution in [0.25, 0.3) is 10.6 Å². The molecule has 0 fully saturated rings. The molecule has 0 aliphatic carbocycles. The minimum atomic E-state index is -0.541. The van der Waals surface area contributed by atoms with Gasteiger partial charge in [-0.1, -0.05) is 36.4 Å². The zero-order valence-corrected chi connectivity index (χ0v) is 17.4. The monoisotopic (exact) mass is 416 g/mol. The Morgan fingerprint density at radius 2 is 1.87 bits per heavy atom. The SMILES string of the molecule is CC(=O)OC(c1ccccc1)c1ncc(-c2cccc(Nc3cc(C)ccn3)n2)s1. The van der Waals surface area contributed by atoms with Gasteiger partial charge in [-0.3, -0.25) is 4.79 Å². The maximum absolute atomic E-state index is 11.6. The molecule has 0 saturated heterocycles. The van der Waals surface area contributed by atoms with E-state index in [1.54, 1.807) is 12.4 Å². The third-order valence-electron chi connectivity index (χ3n) is 4.31. The van der Waals surface area contributed by atoms with E-state index in [1.165, 1.54) is 18.3 Å². The van der Waals surface area contributed by atoms with Crippen molar-refractivity contribution in [3.05, 3.63) is 89.2 Å². The summed E-state index contributed by atoms with van der Waals surface area (Å²) in [5, 5.41) is 3.93. The summed E-state index contributed by atoms with van der Waals surface area (Å²) in [6, 6.07) is 19.2. The predicted molar refractivity (Wildman–Crippen MR) is 118 cm³/mol. The Hall–Kier alpha value is -3.58. The Bertz CT molecular complexity index is 1160. The molecule has 3 heterocycles.